The van der Waals surface area contributed by atoms with Gasteiger partial charge in [0.2, 0.25) is 0 Å². The molecule has 82 valence electrons. The van der Waals surface area contributed by atoms with Crippen molar-refractivity contribution in [3.63, 3.8) is 0 Å². The molecule has 1 aliphatic carbocycles. The second kappa shape index (κ2) is 4.80. The Morgan fingerprint density at radius 3 is 2.47 bits per heavy atom. The third-order valence-corrected chi connectivity index (χ3v) is 3.66. The maximum absolute atomic E-state index is 5.92. The van der Waals surface area contributed by atoms with Crippen LogP contribution in [0.1, 0.15) is 36.8 Å². The lowest BCUT2D eigenvalue weighted by Gasteiger charge is -2.26. The summed E-state index contributed by atoms with van der Waals surface area (Å²) >= 11 is 0. The Labute approximate surface area is 92.7 Å². The van der Waals surface area contributed by atoms with Crippen LogP contribution in [0.2, 0.25) is 0 Å². The minimum absolute atomic E-state index is 0.470. The zero-order valence-corrected chi connectivity index (χ0v) is 9.58. The first kappa shape index (κ1) is 10.7. The zero-order chi connectivity index (χ0) is 10.7. The number of hydrogen-bond donors (Lipinski definition) is 1. The first-order chi connectivity index (χ1) is 7.25. The predicted molar refractivity (Wildman–Crippen MR) is 64.8 cm³/mol. The van der Waals surface area contributed by atoms with E-state index in [0.29, 0.717) is 6.04 Å². The van der Waals surface area contributed by atoms with E-state index >= 15 is 0 Å². The fourth-order valence-electron chi connectivity index (χ4n) is 2.54. The molecule has 0 spiro atoms. The number of benzene rings is 1. The summed E-state index contributed by atoms with van der Waals surface area (Å²) in [5.74, 6) is 0.867. The minimum Gasteiger partial charge on any atom is -0.328 e. The van der Waals surface area contributed by atoms with Crippen LogP contribution in [-0.2, 0) is 6.42 Å². The Bertz CT molecular complexity index is 311. The molecule has 1 aromatic carbocycles. The molecule has 0 aromatic heterocycles. The quantitative estimate of drug-likeness (QED) is 0.785. The molecule has 0 saturated heterocycles. The number of hydrogen-bond acceptors (Lipinski definition) is 1. The lowest BCUT2D eigenvalue weighted by molar-refractivity contribution is 0.324. The maximum Gasteiger partial charge on any atom is 0.00390 e. The summed E-state index contributed by atoms with van der Waals surface area (Å²) in [5, 5.41) is 0. The van der Waals surface area contributed by atoms with Crippen molar-refractivity contribution in [3.8, 4) is 0 Å². The molecule has 1 saturated carbocycles. The number of nitrogens with two attached hydrogens (primary N) is 1. The van der Waals surface area contributed by atoms with E-state index in [1.807, 2.05) is 0 Å². The van der Waals surface area contributed by atoms with Gasteiger partial charge in [-0.2, -0.15) is 0 Å². The highest BCUT2D eigenvalue weighted by Crippen LogP contribution is 2.27. The van der Waals surface area contributed by atoms with Crippen LogP contribution in [0.15, 0.2) is 24.3 Å². The normalized spacial score (nSPS) is 26.5. The summed E-state index contributed by atoms with van der Waals surface area (Å²) in [7, 11) is 0. The molecule has 0 amide bonds. The van der Waals surface area contributed by atoms with Gasteiger partial charge in [0, 0.05) is 6.04 Å². The third kappa shape index (κ3) is 2.82. The minimum atomic E-state index is 0.470. The number of rotatable bonds is 2. The van der Waals surface area contributed by atoms with Crippen LogP contribution in [0.25, 0.3) is 0 Å². The standard InChI is InChI=1S/C14H21N/c1-11-4-2-3-5-13(11)10-12-6-8-14(15)9-7-12/h2-5,12,14H,6-10,15H2,1H3. The molecule has 15 heavy (non-hydrogen) atoms. The molecule has 1 aromatic rings. The largest absolute Gasteiger partial charge is 0.328 e. The van der Waals surface area contributed by atoms with Crippen LogP contribution in [0, 0.1) is 12.8 Å². The molecule has 1 aliphatic rings. The summed E-state index contributed by atoms with van der Waals surface area (Å²) < 4.78 is 0. The molecule has 0 atom stereocenters. The van der Waals surface area contributed by atoms with Crippen molar-refractivity contribution >= 4 is 0 Å². The van der Waals surface area contributed by atoms with Gasteiger partial charge >= 0.3 is 0 Å². The molecule has 0 radical (unpaired) electrons. The second-order valence-electron chi connectivity index (χ2n) is 4.91. The first-order valence-electron chi connectivity index (χ1n) is 6.06. The lowest BCUT2D eigenvalue weighted by atomic mass is 9.82. The topological polar surface area (TPSA) is 26.0 Å². The van der Waals surface area contributed by atoms with Gasteiger partial charge in [-0.15, -0.1) is 0 Å². The van der Waals surface area contributed by atoms with Gasteiger partial charge in [-0.1, -0.05) is 24.3 Å². The van der Waals surface area contributed by atoms with E-state index in [0.717, 1.165) is 5.92 Å². The molecule has 1 nitrogen and oxygen atoms in total. The lowest BCUT2D eigenvalue weighted by Crippen LogP contribution is -2.27. The van der Waals surface area contributed by atoms with Crippen molar-refractivity contribution in [2.45, 2.75) is 45.1 Å². The monoisotopic (exact) mass is 203 g/mol. The Kier molecular flexibility index (Phi) is 3.42. The van der Waals surface area contributed by atoms with E-state index in [4.69, 9.17) is 5.73 Å². The summed E-state index contributed by atoms with van der Waals surface area (Å²) in [5.41, 5.74) is 8.88. The zero-order valence-electron chi connectivity index (χ0n) is 9.58. The molecule has 0 unspecified atom stereocenters. The third-order valence-electron chi connectivity index (χ3n) is 3.66. The first-order valence-corrected chi connectivity index (χ1v) is 6.06. The average Bonchev–Trinajstić information content (AvgIpc) is 2.25. The van der Waals surface area contributed by atoms with E-state index in [1.165, 1.54) is 43.2 Å². The highest BCUT2D eigenvalue weighted by Gasteiger charge is 2.18. The van der Waals surface area contributed by atoms with Crippen LogP contribution >= 0.6 is 0 Å². The van der Waals surface area contributed by atoms with Crippen molar-refractivity contribution < 1.29 is 0 Å². The van der Waals surface area contributed by atoms with Crippen molar-refractivity contribution in [1.82, 2.24) is 0 Å². The fraction of sp³-hybridized carbons (Fsp3) is 0.571. The van der Waals surface area contributed by atoms with Gasteiger partial charge in [-0.25, -0.2) is 0 Å². The average molecular weight is 203 g/mol. The predicted octanol–water partition coefficient (Wildman–Crippen LogP) is 3.06. The van der Waals surface area contributed by atoms with Crippen molar-refractivity contribution in [3.05, 3.63) is 35.4 Å². The van der Waals surface area contributed by atoms with Crippen molar-refractivity contribution in [2.24, 2.45) is 11.7 Å². The molecule has 1 fully saturated rings. The van der Waals surface area contributed by atoms with Crippen LogP contribution < -0.4 is 5.73 Å². The smallest absolute Gasteiger partial charge is 0.00390 e. The molecule has 0 heterocycles. The van der Waals surface area contributed by atoms with Gasteiger partial charge in [-0.3, -0.25) is 0 Å². The fourth-order valence-corrected chi connectivity index (χ4v) is 2.54. The second-order valence-corrected chi connectivity index (χ2v) is 4.91. The van der Waals surface area contributed by atoms with E-state index in [2.05, 4.69) is 31.2 Å². The maximum atomic E-state index is 5.92. The van der Waals surface area contributed by atoms with Crippen LogP contribution in [0.3, 0.4) is 0 Å². The Morgan fingerprint density at radius 2 is 1.80 bits per heavy atom. The summed E-state index contributed by atoms with van der Waals surface area (Å²) in [4.78, 5) is 0. The van der Waals surface area contributed by atoms with E-state index in [-0.39, 0.29) is 0 Å². The summed E-state index contributed by atoms with van der Waals surface area (Å²) in [6, 6.07) is 9.22. The molecule has 1 heteroatoms. The Balaban J connectivity index is 1.95. The Morgan fingerprint density at radius 1 is 1.13 bits per heavy atom. The van der Waals surface area contributed by atoms with Gasteiger partial charge in [0.1, 0.15) is 0 Å². The highest BCUT2D eigenvalue weighted by atomic mass is 14.6. The Hall–Kier alpha value is -0.820. The molecular weight excluding hydrogens is 182 g/mol. The molecule has 2 N–H and O–H groups in total. The van der Waals surface area contributed by atoms with E-state index < -0.39 is 0 Å². The summed E-state index contributed by atoms with van der Waals surface area (Å²) in [6.45, 7) is 2.21. The van der Waals surface area contributed by atoms with Gasteiger partial charge in [0.25, 0.3) is 0 Å². The van der Waals surface area contributed by atoms with Gasteiger partial charge in [0.05, 0.1) is 0 Å². The van der Waals surface area contributed by atoms with E-state index in [1.54, 1.807) is 0 Å². The van der Waals surface area contributed by atoms with Crippen molar-refractivity contribution in [1.29, 1.82) is 0 Å². The van der Waals surface area contributed by atoms with Gasteiger partial charge in [0.15, 0.2) is 0 Å². The van der Waals surface area contributed by atoms with Crippen molar-refractivity contribution in [2.75, 3.05) is 0 Å². The SMILES string of the molecule is Cc1ccccc1CC1CCC(N)CC1. The highest BCUT2D eigenvalue weighted by molar-refractivity contribution is 5.25. The van der Waals surface area contributed by atoms with E-state index in [9.17, 15) is 0 Å². The molecule has 2 rings (SSSR count). The van der Waals surface area contributed by atoms with Gasteiger partial charge < -0.3 is 5.73 Å². The van der Waals surface area contributed by atoms with Gasteiger partial charge in [-0.05, 0) is 56.1 Å². The molecular formula is C14H21N. The molecule has 0 bridgehead atoms. The molecule has 0 aliphatic heterocycles. The van der Waals surface area contributed by atoms with Crippen LogP contribution in [-0.4, -0.2) is 6.04 Å². The summed E-state index contributed by atoms with van der Waals surface area (Å²) in [6.07, 6.45) is 6.32. The van der Waals surface area contributed by atoms with Crippen LogP contribution in [0.4, 0.5) is 0 Å². The number of aryl methyl sites for hydroxylation is 1. The van der Waals surface area contributed by atoms with Crippen LogP contribution in [0.5, 0.6) is 0 Å².